The summed E-state index contributed by atoms with van der Waals surface area (Å²) in [6.07, 6.45) is 0. The standard InChI is InChI=1S/C16H18N2O4/c1-3-21-12-6-4-5-11-9-13(22-14(11)12)16(20)18-8-7-17-15(19)10(18)2/h4-6,9-10H,3,7-8H2,1-2H3,(H,17,19). The maximum atomic E-state index is 12.6. The van der Waals surface area contributed by atoms with Crippen molar-refractivity contribution in [3.05, 3.63) is 30.0 Å². The summed E-state index contributed by atoms with van der Waals surface area (Å²) in [4.78, 5) is 25.8. The summed E-state index contributed by atoms with van der Waals surface area (Å²) in [6.45, 7) is 5.05. The van der Waals surface area contributed by atoms with Crippen LogP contribution in [0.4, 0.5) is 0 Å². The van der Waals surface area contributed by atoms with Crippen LogP contribution >= 0.6 is 0 Å². The number of hydrogen-bond acceptors (Lipinski definition) is 4. The van der Waals surface area contributed by atoms with Gasteiger partial charge in [-0.3, -0.25) is 9.59 Å². The summed E-state index contributed by atoms with van der Waals surface area (Å²) in [6, 6.07) is 6.72. The molecular formula is C16H18N2O4. The number of ether oxygens (including phenoxy) is 1. The van der Waals surface area contributed by atoms with Gasteiger partial charge in [-0.1, -0.05) is 12.1 Å². The molecule has 6 nitrogen and oxygen atoms in total. The number of nitrogens with zero attached hydrogens (tertiary/aromatic N) is 1. The molecule has 1 atom stereocenters. The van der Waals surface area contributed by atoms with E-state index in [0.29, 0.717) is 31.0 Å². The van der Waals surface area contributed by atoms with E-state index in [2.05, 4.69) is 5.32 Å². The lowest BCUT2D eigenvalue weighted by Crippen LogP contribution is -2.55. The minimum absolute atomic E-state index is 0.147. The average molecular weight is 302 g/mol. The number of carbonyl (C=O) groups excluding carboxylic acids is 2. The summed E-state index contributed by atoms with van der Waals surface area (Å²) in [5.41, 5.74) is 0.557. The second kappa shape index (κ2) is 5.71. The fourth-order valence-electron chi connectivity index (χ4n) is 2.61. The zero-order chi connectivity index (χ0) is 15.7. The number of fused-ring (bicyclic) bond motifs is 1. The van der Waals surface area contributed by atoms with Crippen molar-refractivity contribution < 1.29 is 18.7 Å². The van der Waals surface area contributed by atoms with Gasteiger partial charge in [0.15, 0.2) is 17.1 Å². The van der Waals surface area contributed by atoms with Crippen molar-refractivity contribution in [1.82, 2.24) is 10.2 Å². The fraction of sp³-hybridized carbons (Fsp3) is 0.375. The van der Waals surface area contributed by atoms with Crippen molar-refractivity contribution in [3.63, 3.8) is 0 Å². The minimum Gasteiger partial charge on any atom is -0.490 e. The molecule has 2 heterocycles. The van der Waals surface area contributed by atoms with Crippen LogP contribution in [-0.2, 0) is 4.79 Å². The third kappa shape index (κ3) is 2.41. The lowest BCUT2D eigenvalue weighted by atomic mass is 10.2. The lowest BCUT2D eigenvalue weighted by Gasteiger charge is -2.32. The number of rotatable bonds is 3. The monoisotopic (exact) mass is 302 g/mol. The molecule has 1 fully saturated rings. The first kappa shape index (κ1) is 14.4. The van der Waals surface area contributed by atoms with E-state index in [4.69, 9.17) is 9.15 Å². The molecular weight excluding hydrogens is 284 g/mol. The number of amides is 2. The van der Waals surface area contributed by atoms with Gasteiger partial charge in [0.2, 0.25) is 5.91 Å². The Morgan fingerprint density at radius 3 is 3.09 bits per heavy atom. The van der Waals surface area contributed by atoms with Gasteiger partial charge in [-0.05, 0) is 26.0 Å². The van der Waals surface area contributed by atoms with Gasteiger partial charge in [0.25, 0.3) is 5.91 Å². The Labute approximate surface area is 128 Å². The molecule has 22 heavy (non-hydrogen) atoms. The summed E-state index contributed by atoms with van der Waals surface area (Å²) in [5, 5.41) is 3.55. The molecule has 0 radical (unpaired) electrons. The molecule has 0 saturated carbocycles. The highest BCUT2D eigenvalue weighted by Gasteiger charge is 2.31. The van der Waals surface area contributed by atoms with Crippen LogP contribution in [-0.4, -0.2) is 42.5 Å². The number of piperazine rings is 1. The van der Waals surface area contributed by atoms with E-state index in [-0.39, 0.29) is 17.6 Å². The molecule has 1 aliphatic heterocycles. The van der Waals surface area contributed by atoms with E-state index in [1.54, 1.807) is 19.1 Å². The molecule has 2 aromatic rings. The Morgan fingerprint density at radius 1 is 1.50 bits per heavy atom. The fourth-order valence-corrected chi connectivity index (χ4v) is 2.61. The van der Waals surface area contributed by atoms with Crippen molar-refractivity contribution >= 4 is 22.8 Å². The van der Waals surface area contributed by atoms with Crippen LogP contribution in [0.3, 0.4) is 0 Å². The molecule has 1 N–H and O–H groups in total. The van der Waals surface area contributed by atoms with Crippen LogP contribution in [0.2, 0.25) is 0 Å². The molecule has 1 saturated heterocycles. The van der Waals surface area contributed by atoms with Crippen molar-refractivity contribution in [3.8, 4) is 5.75 Å². The third-order valence-corrected chi connectivity index (χ3v) is 3.78. The van der Waals surface area contributed by atoms with Gasteiger partial charge in [-0.15, -0.1) is 0 Å². The van der Waals surface area contributed by atoms with E-state index in [1.807, 2.05) is 19.1 Å². The summed E-state index contributed by atoms with van der Waals surface area (Å²) < 4.78 is 11.2. The highest BCUT2D eigenvalue weighted by atomic mass is 16.5. The van der Waals surface area contributed by atoms with Crippen LogP contribution < -0.4 is 10.1 Å². The predicted molar refractivity (Wildman–Crippen MR) is 80.9 cm³/mol. The summed E-state index contributed by atoms with van der Waals surface area (Å²) in [5.74, 6) is 0.416. The first-order valence-electron chi connectivity index (χ1n) is 7.36. The molecule has 6 heteroatoms. The first-order valence-corrected chi connectivity index (χ1v) is 7.36. The van der Waals surface area contributed by atoms with Crippen LogP contribution in [0.1, 0.15) is 24.4 Å². The van der Waals surface area contributed by atoms with E-state index in [0.717, 1.165) is 5.39 Å². The zero-order valence-electron chi connectivity index (χ0n) is 12.6. The van der Waals surface area contributed by atoms with Crippen LogP contribution in [0.5, 0.6) is 5.75 Å². The van der Waals surface area contributed by atoms with Crippen LogP contribution in [0.15, 0.2) is 28.7 Å². The van der Waals surface area contributed by atoms with Crippen molar-refractivity contribution in [2.45, 2.75) is 19.9 Å². The van der Waals surface area contributed by atoms with Gasteiger partial charge in [-0.25, -0.2) is 0 Å². The van der Waals surface area contributed by atoms with Crippen LogP contribution in [0.25, 0.3) is 11.0 Å². The Morgan fingerprint density at radius 2 is 2.32 bits per heavy atom. The number of hydrogen-bond donors (Lipinski definition) is 1. The Bertz CT molecular complexity index is 722. The van der Waals surface area contributed by atoms with Gasteiger partial charge in [0.05, 0.1) is 6.61 Å². The molecule has 1 aliphatic rings. The summed E-state index contributed by atoms with van der Waals surface area (Å²) >= 11 is 0. The van der Waals surface area contributed by atoms with Crippen LogP contribution in [0, 0.1) is 0 Å². The summed E-state index contributed by atoms with van der Waals surface area (Å²) in [7, 11) is 0. The average Bonchev–Trinajstić information content (AvgIpc) is 2.95. The molecule has 2 amide bonds. The van der Waals surface area contributed by atoms with E-state index < -0.39 is 6.04 Å². The molecule has 1 aromatic carbocycles. The second-order valence-corrected chi connectivity index (χ2v) is 5.18. The van der Waals surface area contributed by atoms with Crippen molar-refractivity contribution in [2.24, 2.45) is 0 Å². The van der Waals surface area contributed by atoms with Gasteiger partial charge >= 0.3 is 0 Å². The zero-order valence-corrected chi connectivity index (χ0v) is 12.6. The second-order valence-electron chi connectivity index (χ2n) is 5.18. The van der Waals surface area contributed by atoms with Gasteiger partial charge in [-0.2, -0.15) is 0 Å². The van der Waals surface area contributed by atoms with Gasteiger partial charge in [0.1, 0.15) is 6.04 Å². The first-order chi connectivity index (χ1) is 10.6. The molecule has 3 rings (SSSR count). The highest BCUT2D eigenvalue weighted by molar-refractivity contribution is 5.99. The Balaban J connectivity index is 1.94. The SMILES string of the molecule is CCOc1cccc2cc(C(=O)N3CCNC(=O)C3C)oc12. The van der Waals surface area contributed by atoms with Gasteiger partial charge in [0, 0.05) is 18.5 Å². The molecule has 0 bridgehead atoms. The molecule has 1 unspecified atom stereocenters. The van der Waals surface area contributed by atoms with E-state index in [9.17, 15) is 9.59 Å². The Kier molecular flexibility index (Phi) is 3.75. The topological polar surface area (TPSA) is 71.8 Å². The third-order valence-electron chi connectivity index (χ3n) is 3.78. The van der Waals surface area contributed by atoms with E-state index in [1.165, 1.54) is 4.90 Å². The van der Waals surface area contributed by atoms with Gasteiger partial charge < -0.3 is 19.4 Å². The maximum Gasteiger partial charge on any atom is 0.290 e. The van der Waals surface area contributed by atoms with E-state index >= 15 is 0 Å². The minimum atomic E-state index is -0.499. The molecule has 0 aliphatic carbocycles. The largest absolute Gasteiger partial charge is 0.490 e. The number of benzene rings is 1. The molecule has 116 valence electrons. The molecule has 0 spiro atoms. The molecule has 1 aromatic heterocycles. The smallest absolute Gasteiger partial charge is 0.290 e. The normalized spacial score (nSPS) is 18.4. The van der Waals surface area contributed by atoms with Crippen molar-refractivity contribution in [2.75, 3.05) is 19.7 Å². The predicted octanol–water partition coefficient (Wildman–Crippen LogP) is 1.79. The number of carbonyl (C=O) groups is 2. The van der Waals surface area contributed by atoms with Crippen molar-refractivity contribution in [1.29, 1.82) is 0 Å². The Hall–Kier alpha value is -2.50. The number of para-hydroxylation sites is 1. The number of furan rings is 1. The number of nitrogens with one attached hydrogen (secondary N) is 1. The lowest BCUT2D eigenvalue weighted by molar-refractivity contribution is -0.127. The highest BCUT2D eigenvalue weighted by Crippen LogP contribution is 2.29. The maximum absolute atomic E-state index is 12.6. The quantitative estimate of drug-likeness (QED) is 0.938.